The fraction of sp³-hybridized carbons (Fsp3) is 0.111. The molecule has 0 fully saturated rings. The van der Waals surface area contributed by atoms with Crippen LogP contribution in [0.5, 0.6) is 5.75 Å². The van der Waals surface area contributed by atoms with E-state index < -0.39 is 10.9 Å². The number of ether oxygens (including phenoxy) is 2. The molecule has 0 saturated carbocycles. The number of cyclic esters (lactones) is 1. The molecule has 7 nitrogen and oxygen atoms in total. The Labute approximate surface area is 143 Å². The summed E-state index contributed by atoms with van der Waals surface area (Å²) in [4.78, 5) is 26.6. The predicted octanol–water partition coefficient (Wildman–Crippen LogP) is 3.34. The van der Waals surface area contributed by atoms with Gasteiger partial charge in [0, 0.05) is 23.3 Å². The van der Waals surface area contributed by atoms with Crippen LogP contribution in [0.2, 0.25) is 0 Å². The Morgan fingerprint density at radius 2 is 2.04 bits per heavy atom. The fourth-order valence-corrected chi connectivity index (χ4v) is 2.32. The van der Waals surface area contributed by atoms with Gasteiger partial charge in [0.05, 0.1) is 11.5 Å². The number of carbonyl (C=O) groups is 1. The number of nitro benzene ring substituents is 1. The summed E-state index contributed by atoms with van der Waals surface area (Å²) in [6, 6.07) is 13.0. The Morgan fingerprint density at radius 3 is 2.80 bits per heavy atom. The van der Waals surface area contributed by atoms with E-state index in [2.05, 4.69) is 4.99 Å². The summed E-state index contributed by atoms with van der Waals surface area (Å²) in [6.45, 7) is 2.36. The maximum absolute atomic E-state index is 12.1. The van der Waals surface area contributed by atoms with Crippen molar-refractivity contribution in [1.29, 1.82) is 0 Å². The molecule has 1 heterocycles. The maximum Gasteiger partial charge on any atom is 0.363 e. The summed E-state index contributed by atoms with van der Waals surface area (Å²) in [7, 11) is 0. The van der Waals surface area contributed by atoms with Gasteiger partial charge in [0.2, 0.25) is 5.90 Å². The minimum atomic E-state index is -0.618. The van der Waals surface area contributed by atoms with E-state index in [9.17, 15) is 14.9 Å². The standard InChI is InChI=1S/C18H14N2O5/c1-2-24-16-9-4-3-6-12(16)11-15-18(21)25-17(19-15)13-7-5-8-14(10-13)20(22)23/h3-11H,2H2,1H3. The van der Waals surface area contributed by atoms with Gasteiger partial charge in [-0.1, -0.05) is 24.3 Å². The monoisotopic (exact) mass is 338 g/mol. The Morgan fingerprint density at radius 1 is 1.24 bits per heavy atom. The molecular formula is C18H14N2O5. The lowest BCUT2D eigenvalue weighted by molar-refractivity contribution is -0.384. The summed E-state index contributed by atoms with van der Waals surface area (Å²) < 4.78 is 10.7. The maximum atomic E-state index is 12.1. The number of carbonyl (C=O) groups excluding carboxylic acids is 1. The van der Waals surface area contributed by atoms with Gasteiger partial charge in [-0.05, 0) is 25.1 Å². The quantitative estimate of drug-likeness (QED) is 0.361. The Balaban J connectivity index is 1.96. The summed E-state index contributed by atoms with van der Waals surface area (Å²) in [5.41, 5.74) is 1.06. The third-order valence-electron chi connectivity index (χ3n) is 3.44. The van der Waals surface area contributed by atoms with Gasteiger partial charge in [0.25, 0.3) is 5.69 Å². The topological polar surface area (TPSA) is 91.0 Å². The lowest BCUT2D eigenvalue weighted by Crippen LogP contribution is -2.05. The zero-order valence-corrected chi connectivity index (χ0v) is 13.3. The summed E-state index contributed by atoms with van der Waals surface area (Å²) >= 11 is 0. The SMILES string of the molecule is CCOc1ccccc1C=C1N=C(c2cccc([N+](=O)[O-])c2)OC1=O. The normalized spacial score (nSPS) is 15.0. The number of hydrogen-bond donors (Lipinski definition) is 0. The van der Waals surface area contributed by atoms with Gasteiger partial charge in [-0.25, -0.2) is 9.79 Å². The van der Waals surface area contributed by atoms with Crippen LogP contribution in [-0.2, 0) is 9.53 Å². The minimum absolute atomic E-state index is 0.0360. The number of nitrogens with zero attached hydrogens (tertiary/aromatic N) is 2. The molecule has 0 saturated heterocycles. The molecule has 2 aromatic carbocycles. The average molecular weight is 338 g/mol. The number of nitro groups is 1. The van der Waals surface area contributed by atoms with Crippen molar-refractivity contribution in [3.05, 3.63) is 75.5 Å². The number of hydrogen-bond acceptors (Lipinski definition) is 6. The van der Waals surface area contributed by atoms with Crippen LogP contribution in [0.4, 0.5) is 5.69 Å². The molecule has 7 heteroatoms. The molecule has 0 unspecified atom stereocenters. The summed E-state index contributed by atoms with van der Waals surface area (Å²) in [6.07, 6.45) is 1.57. The first-order valence-electron chi connectivity index (χ1n) is 7.57. The molecule has 0 spiro atoms. The lowest BCUT2D eigenvalue weighted by Gasteiger charge is -2.06. The first-order chi connectivity index (χ1) is 12.1. The fourth-order valence-electron chi connectivity index (χ4n) is 2.32. The number of aliphatic imine (C=N–C) groups is 1. The van der Waals surface area contributed by atoms with Gasteiger partial charge < -0.3 is 9.47 Å². The first-order valence-corrected chi connectivity index (χ1v) is 7.57. The van der Waals surface area contributed by atoms with Crippen LogP contribution < -0.4 is 4.74 Å². The van der Waals surface area contributed by atoms with E-state index in [1.165, 1.54) is 18.2 Å². The van der Waals surface area contributed by atoms with Crippen molar-refractivity contribution >= 4 is 23.6 Å². The highest BCUT2D eigenvalue weighted by Crippen LogP contribution is 2.25. The molecule has 2 aromatic rings. The third-order valence-corrected chi connectivity index (χ3v) is 3.44. The van der Waals surface area contributed by atoms with Crippen molar-refractivity contribution in [1.82, 2.24) is 0 Å². The molecule has 0 radical (unpaired) electrons. The van der Waals surface area contributed by atoms with Gasteiger partial charge in [0.1, 0.15) is 5.75 Å². The van der Waals surface area contributed by atoms with Crippen molar-refractivity contribution in [3.8, 4) is 5.75 Å². The Bertz CT molecular complexity index is 902. The van der Waals surface area contributed by atoms with Crippen LogP contribution in [-0.4, -0.2) is 23.4 Å². The zero-order chi connectivity index (χ0) is 17.8. The van der Waals surface area contributed by atoms with Gasteiger partial charge >= 0.3 is 5.97 Å². The highest BCUT2D eigenvalue weighted by atomic mass is 16.6. The van der Waals surface area contributed by atoms with Gasteiger partial charge in [-0.15, -0.1) is 0 Å². The highest BCUT2D eigenvalue weighted by Gasteiger charge is 2.25. The molecule has 0 amide bonds. The second kappa shape index (κ2) is 6.96. The second-order valence-corrected chi connectivity index (χ2v) is 5.11. The van der Waals surface area contributed by atoms with Gasteiger partial charge in [-0.2, -0.15) is 0 Å². The van der Waals surface area contributed by atoms with Crippen LogP contribution in [0.15, 0.2) is 59.2 Å². The molecule has 0 aromatic heterocycles. The molecule has 1 aliphatic rings. The highest BCUT2D eigenvalue weighted by molar-refractivity contribution is 6.13. The Kier molecular flexibility index (Phi) is 4.56. The van der Waals surface area contributed by atoms with Gasteiger partial charge in [-0.3, -0.25) is 10.1 Å². The van der Waals surface area contributed by atoms with E-state index in [0.29, 0.717) is 23.5 Å². The van der Waals surface area contributed by atoms with Crippen molar-refractivity contribution in [2.24, 2.45) is 4.99 Å². The summed E-state index contributed by atoms with van der Waals surface area (Å²) in [5.74, 6) is 0.0472. The zero-order valence-electron chi connectivity index (χ0n) is 13.3. The van der Waals surface area contributed by atoms with E-state index in [0.717, 1.165) is 0 Å². The van der Waals surface area contributed by atoms with E-state index in [4.69, 9.17) is 9.47 Å². The smallest absolute Gasteiger partial charge is 0.363 e. The van der Waals surface area contributed by atoms with E-state index in [1.807, 2.05) is 19.1 Å². The van der Waals surface area contributed by atoms with Crippen molar-refractivity contribution in [2.45, 2.75) is 6.92 Å². The molecule has 0 aliphatic carbocycles. The molecule has 0 atom stereocenters. The van der Waals surface area contributed by atoms with Crippen molar-refractivity contribution in [3.63, 3.8) is 0 Å². The van der Waals surface area contributed by atoms with Crippen molar-refractivity contribution < 1.29 is 19.2 Å². The number of esters is 1. The molecular weight excluding hydrogens is 324 g/mol. The number of benzene rings is 2. The van der Waals surface area contributed by atoms with Gasteiger partial charge in [0.15, 0.2) is 5.70 Å². The van der Waals surface area contributed by atoms with Crippen molar-refractivity contribution in [2.75, 3.05) is 6.61 Å². The Hall–Kier alpha value is -3.48. The van der Waals surface area contributed by atoms with Crippen LogP contribution in [0.1, 0.15) is 18.1 Å². The van der Waals surface area contributed by atoms with E-state index in [-0.39, 0.29) is 17.3 Å². The molecule has 3 rings (SSSR count). The van der Waals surface area contributed by atoms with Crippen LogP contribution in [0.3, 0.4) is 0 Å². The first kappa shape index (κ1) is 16.4. The molecule has 0 bridgehead atoms. The molecule has 1 aliphatic heterocycles. The third kappa shape index (κ3) is 3.55. The van der Waals surface area contributed by atoms with Crippen LogP contribution >= 0.6 is 0 Å². The molecule has 126 valence electrons. The number of non-ortho nitro benzene ring substituents is 1. The lowest BCUT2D eigenvalue weighted by atomic mass is 10.1. The summed E-state index contributed by atoms with van der Waals surface area (Å²) in [5, 5.41) is 10.9. The second-order valence-electron chi connectivity index (χ2n) is 5.11. The van der Waals surface area contributed by atoms with Crippen LogP contribution in [0, 0.1) is 10.1 Å². The number of rotatable bonds is 5. The predicted molar refractivity (Wildman–Crippen MR) is 91.3 cm³/mol. The average Bonchev–Trinajstić information content (AvgIpc) is 2.98. The molecule has 0 N–H and O–H groups in total. The number of para-hydroxylation sites is 1. The molecule has 25 heavy (non-hydrogen) atoms. The van der Waals surface area contributed by atoms with E-state index >= 15 is 0 Å². The largest absolute Gasteiger partial charge is 0.493 e. The van der Waals surface area contributed by atoms with E-state index in [1.54, 1.807) is 24.3 Å². The van der Waals surface area contributed by atoms with Crippen LogP contribution in [0.25, 0.3) is 6.08 Å². The minimum Gasteiger partial charge on any atom is -0.493 e.